The van der Waals surface area contributed by atoms with E-state index in [0.29, 0.717) is 24.9 Å². The maximum absolute atomic E-state index is 13.1. The van der Waals surface area contributed by atoms with E-state index >= 15 is 0 Å². The van der Waals surface area contributed by atoms with Crippen molar-refractivity contribution in [2.75, 3.05) is 13.1 Å². The molecule has 8 heteroatoms. The van der Waals surface area contributed by atoms with Crippen molar-refractivity contribution < 1.29 is 22.4 Å². The van der Waals surface area contributed by atoms with Crippen molar-refractivity contribution in [2.24, 2.45) is 5.41 Å². The molecule has 1 unspecified atom stereocenters. The predicted molar refractivity (Wildman–Crippen MR) is 111 cm³/mol. The second-order valence-electron chi connectivity index (χ2n) is 7.89. The van der Waals surface area contributed by atoms with Crippen LogP contribution in [0.3, 0.4) is 0 Å². The molecule has 1 aliphatic heterocycles. The van der Waals surface area contributed by atoms with Crippen LogP contribution in [-0.2, 0) is 21.4 Å². The van der Waals surface area contributed by atoms with Gasteiger partial charge in [-0.1, -0.05) is 24.3 Å². The van der Waals surface area contributed by atoms with Crippen LogP contribution in [0.25, 0.3) is 0 Å². The number of Topliss-reactive ketones (excluding diaryl/α,β-unsaturated/α-hetero) is 1. The Morgan fingerprint density at radius 1 is 1.10 bits per heavy atom. The number of amides is 1. The van der Waals surface area contributed by atoms with Gasteiger partial charge in [0.1, 0.15) is 5.82 Å². The molecular weight excluding hydrogens is 407 g/mol. The van der Waals surface area contributed by atoms with Gasteiger partial charge in [0, 0.05) is 25.2 Å². The Kier molecular flexibility index (Phi) is 6.38. The maximum atomic E-state index is 13.1. The average Bonchev–Trinajstić information content (AvgIpc) is 2.73. The van der Waals surface area contributed by atoms with Gasteiger partial charge in [-0.2, -0.15) is 4.31 Å². The van der Waals surface area contributed by atoms with Gasteiger partial charge in [-0.3, -0.25) is 9.59 Å². The summed E-state index contributed by atoms with van der Waals surface area (Å²) in [6, 6.07) is 11.7. The second kappa shape index (κ2) is 8.65. The fourth-order valence-corrected chi connectivity index (χ4v) is 5.19. The fraction of sp³-hybridized carbons (Fsp3) is 0.364. The van der Waals surface area contributed by atoms with E-state index in [4.69, 9.17) is 0 Å². The minimum Gasteiger partial charge on any atom is -0.352 e. The van der Waals surface area contributed by atoms with Gasteiger partial charge >= 0.3 is 0 Å². The zero-order valence-corrected chi connectivity index (χ0v) is 17.8. The molecule has 0 aromatic heterocycles. The lowest BCUT2D eigenvalue weighted by molar-refractivity contribution is -0.132. The summed E-state index contributed by atoms with van der Waals surface area (Å²) in [5.41, 5.74) is 0.335. The zero-order chi connectivity index (χ0) is 21.9. The number of sulfonamides is 1. The van der Waals surface area contributed by atoms with Crippen molar-refractivity contribution in [1.29, 1.82) is 0 Å². The molecular formula is C22H25FN2O4S. The highest BCUT2D eigenvalue weighted by molar-refractivity contribution is 7.89. The topological polar surface area (TPSA) is 83.6 Å². The first-order chi connectivity index (χ1) is 14.1. The van der Waals surface area contributed by atoms with Gasteiger partial charge in [-0.05, 0) is 56.5 Å². The van der Waals surface area contributed by atoms with Gasteiger partial charge in [0.05, 0.1) is 10.3 Å². The highest BCUT2D eigenvalue weighted by atomic mass is 32.2. The molecule has 0 radical (unpaired) electrons. The Bertz CT molecular complexity index is 1040. The number of carbonyl (C=O) groups excluding carboxylic acids is 2. The van der Waals surface area contributed by atoms with Gasteiger partial charge in [-0.25, -0.2) is 12.8 Å². The molecule has 2 aromatic rings. The molecule has 30 heavy (non-hydrogen) atoms. The number of piperidine rings is 1. The molecule has 0 aliphatic carbocycles. The largest absolute Gasteiger partial charge is 0.352 e. The van der Waals surface area contributed by atoms with Crippen LogP contribution in [0.2, 0.25) is 0 Å². The molecule has 0 bridgehead atoms. The fourth-order valence-electron chi connectivity index (χ4n) is 3.59. The molecule has 1 atom stereocenters. The van der Waals surface area contributed by atoms with Crippen LogP contribution in [0.15, 0.2) is 53.4 Å². The molecule has 160 valence electrons. The Morgan fingerprint density at radius 2 is 1.73 bits per heavy atom. The third-order valence-electron chi connectivity index (χ3n) is 5.47. The molecule has 1 fully saturated rings. The van der Waals surface area contributed by atoms with Crippen LogP contribution < -0.4 is 5.32 Å². The summed E-state index contributed by atoms with van der Waals surface area (Å²) >= 11 is 0. The van der Waals surface area contributed by atoms with E-state index in [1.54, 1.807) is 19.1 Å². The van der Waals surface area contributed by atoms with Crippen LogP contribution in [0.5, 0.6) is 0 Å². The standard InChI is InChI=1S/C22H25FN2O4S/c1-16(26)18-6-10-20(11-7-18)30(28,29)25-13-3-12-22(2,15-25)21(27)24-14-17-4-8-19(23)9-5-17/h4-11H,3,12-15H2,1-2H3,(H,24,27). The molecule has 2 aromatic carbocycles. The minimum atomic E-state index is -3.78. The Hall–Kier alpha value is -2.58. The van der Waals surface area contributed by atoms with Crippen molar-refractivity contribution in [3.05, 3.63) is 65.5 Å². The van der Waals surface area contributed by atoms with E-state index in [0.717, 1.165) is 5.56 Å². The number of nitrogens with zero attached hydrogens (tertiary/aromatic N) is 1. The van der Waals surface area contributed by atoms with Gasteiger partial charge in [-0.15, -0.1) is 0 Å². The summed E-state index contributed by atoms with van der Waals surface area (Å²) in [6.07, 6.45) is 1.13. The lowest BCUT2D eigenvalue weighted by Crippen LogP contribution is -2.51. The summed E-state index contributed by atoms with van der Waals surface area (Å²) in [5, 5.41) is 2.84. The number of ketones is 1. The Morgan fingerprint density at radius 3 is 2.33 bits per heavy atom. The molecule has 1 heterocycles. The molecule has 0 saturated carbocycles. The molecule has 0 spiro atoms. The smallest absolute Gasteiger partial charge is 0.243 e. The monoisotopic (exact) mass is 432 g/mol. The van der Waals surface area contributed by atoms with E-state index in [1.165, 1.54) is 47.6 Å². The molecule has 1 saturated heterocycles. The summed E-state index contributed by atoms with van der Waals surface area (Å²) in [7, 11) is -3.78. The first-order valence-electron chi connectivity index (χ1n) is 9.76. The van der Waals surface area contributed by atoms with E-state index < -0.39 is 15.4 Å². The first-order valence-corrected chi connectivity index (χ1v) is 11.2. The highest BCUT2D eigenvalue weighted by Gasteiger charge is 2.41. The van der Waals surface area contributed by atoms with Crippen molar-refractivity contribution in [2.45, 2.75) is 38.1 Å². The van der Waals surface area contributed by atoms with Crippen LogP contribution >= 0.6 is 0 Å². The number of nitrogens with one attached hydrogen (secondary N) is 1. The number of rotatable bonds is 6. The number of hydrogen-bond acceptors (Lipinski definition) is 4. The Labute approximate surface area is 176 Å². The second-order valence-corrected chi connectivity index (χ2v) is 9.83. The quantitative estimate of drug-likeness (QED) is 0.711. The van der Waals surface area contributed by atoms with E-state index in [9.17, 15) is 22.4 Å². The van der Waals surface area contributed by atoms with Crippen molar-refractivity contribution in [3.63, 3.8) is 0 Å². The number of halogens is 1. The zero-order valence-electron chi connectivity index (χ0n) is 17.0. The molecule has 6 nitrogen and oxygen atoms in total. The van der Waals surface area contributed by atoms with Gasteiger partial charge in [0.2, 0.25) is 15.9 Å². The van der Waals surface area contributed by atoms with Crippen LogP contribution in [0, 0.1) is 11.2 Å². The Balaban J connectivity index is 1.71. The molecule has 1 aliphatic rings. The third-order valence-corrected chi connectivity index (χ3v) is 7.33. The van der Waals surface area contributed by atoms with Crippen LogP contribution in [0.4, 0.5) is 4.39 Å². The summed E-state index contributed by atoms with van der Waals surface area (Å²) < 4.78 is 40.5. The normalized spacial score (nSPS) is 20.0. The van der Waals surface area contributed by atoms with Gasteiger partial charge in [0.25, 0.3) is 0 Å². The van der Waals surface area contributed by atoms with E-state index in [-0.39, 0.29) is 35.5 Å². The minimum absolute atomic E-state index is 0.0685. The van der Waals surface area contributed by atoms with Crippen LogP contribution in [0.1, 0.15) is 42.6 Å². The number of benzene rings is 2. The third kappa shape index (κ3) is 4.76. The summed E-state index contributed by atoms with van der Waals surface area (Å²) in [5.74, 6) is -0.720. The molecule has 3 rings (SSSR count). The first kappa shape index (κ1) is 22.1. The molecule has 1 amide bonds. The van der Waals surface area contributed by atoms with Crippen molar-refractivity contribution in [1.82, 2.24) is 9.62 Å². The number of carbonyl (C=O) groups is 2. The summed E-state index contributed by atoms with van der Waals surface area (Å²) in [4.78, 5) is 24.4. The van der Waals surface area contributed by atoms with Crippen molar-refractivity contribution >= 4 is 21.7 Å². The van der Waals surface area contributed by atoms with Gasteiger partial charge < -0.3 is 5.32 Å². The lowest BCUT2D eigenvalue weighted by Gasteiger charge is -2.38. The average molecular weight is 433 g/mol. The van der Waals surface area contributed by atoms with Crippen molar-refractivity contribution in [3.8, 4) is 0 Å². The SMILES string of the molecule is CC(=O)c1ccc(S(=O)(=O)N2CCCC(C)(C(=O)NCc3ccc(F)cc3)C2)cc1. The number of hydrogen-bond donors (Lipinski definition) is 1. The van der Waals surface area contributed by atoms with E-state index in [2.05, 4.69) is 5.32 Å². The predicted octanol–water partition coefficient (Wildman–Crippen LogP) is 3.14. The lowest BCUT2D eigenvalue weighted by atomic mass is 9.82. The van der Waals surface area contributed by atoms with Gasteiger partial charge in [0.15, 0.2) is 5.78 Å². The van der Waals surface area contributed by atoms with E-state index in [1.807, 2.05) is 0 Å². The molecule has 1 N–H and O–H groups in total. The van der Waals surface area contributed by atoms with Crippen LogP contribution in [-0.4, -0.2) is 37.5 Å². The maximum Gasteiger partial charge on any atom is 0.243 e. The summed E-state index contributed by atoms with van der Waals surface area (Å²) in [6.45, 7) is 3.82. The highest BCUT2D eigenvalue weighted by Crippen LogP contribution is 2.33.